The second kappa shape index (κ2) is 6.35. The number of nitrogens with one attached hydrogen (secondary N) is 1. The highest BCUT2D eigenvalue weighted by Crippen LogP contribution is 2.20. The number of carbonyl (C=O) groups is 1. The van der Waals surface area contributed by atoms with Crippen LogP contribution in [0.25, 0.3) is 5.69 Å². The van der Waals surface area contributed by atoms with E-state index in [0.717, 1.165) is 11.4 Å². The minimum Gasteiger partial charge on any atom is -0.378 e. The molecular weight excluding hydrogens is 276 g/mol. The average Bonchev–Trinajstić information content (AvgIpc) is 2.90. The molecule has 0 atom stereocenters. The third-order valence-electron chi connectivity index (χ3n) is 3.29. The molecule has 0 unspecified atom stereocenters. The van der Waals surface area contributed by atoms with Gasteiger partial charge in [0.2, 0.25) is 0 Å². The van der Waals surface area contributed by atoms with Gasteiger partial charge in [0.05, 0.1) is 5.56 Å². The van der Waals surface area contributed by atoms with Gasteiger partial charge in [-0.15, -0.1) is 0 Å². The van der Waals surface area contributed by atoms with E-state index < -0.39 is 0 Å². The highest BCUT2D eigenvalue weighted by atomic mass is 16.2. The van der Waals surface area contributed by atoms with Gasteiger partial charge in [-0.3, -0.25) is 4.79 Å². The normalized spacial score (nSPS) is 10.4. The Morgan fingerprint density at radius 2 is 1.86 bits per heavy atom. The lowest BCUT2D eigenvalue weighted by Gasteiger charge is -2.15. The highest BCUT2D eigenvalue weighted by molar-refractivity contribution is 5.96. The molecule has 2 rings (SSSR count). The quantitative estimate of drug-likeness (QED) is 0.943. The maximum Gasteiger partial charge on any atom is 0.269 e. The summed E-state index contributed by atoms with van der Waals surface area (Å²) >= 11 is 0. The molecule has 0 saturated heterocycles. The van der Waals surface area contributed by atoms with Crippen molar-refractivity contribution >= 4 is 11.6 Å². The monoisotopic (exact) mass is 296 g/mol. The average molecular weight is 296 g/mol. The second-order valence-electron chi connectivity index (χ2n) is 5.60. The van der Waals surface area contributed by atoms with Crippen LogP contribution in [0.1, 0.15) is 29.9 Å². The molecule has 114 valence electrons. The number of nitrogens with zero attached hydrogens (tertiary/aromatic N) is 3. The van der Waals surface area contributed by atoms with Crippen molar-refractivity contribution < 1.29 is 4.79 Å². The Morgan fingerprint density at radius 3 is 2.36 bits per heavy atom. The van der Waals surface area contributed by atoms with Gasteiger partial charge in [-0.1, -0.05) is 0 Å². The molecule has 5 nitrogen and oxygen atoms in total. The molecule has 0 bridgehead atoms. The van der Waals surface area contributed by atoms with Gasteiger partial charge in [0.15, 0.2) is 0 Å². The van der Waals surface area contributed by atoms with Crippen molar-refractivity contribution in [3.8, 4) is 11.8 Å². The molecule has 1 amide bonds. The number of nitriles is 1. The van der Waals surface area contributed by atoms with Crippen molar-refractivity contribution in [3.05, 3.63) is 47.8 Å². The molecule has 2 aromatic rings. The summed E-state index contributed by atoms with van der Waals surface area (Å²) in [6, 6.07) is 11.6. The molecule has 0 fully saturated rings. The molecule has 5 heteroatoms. The summed E-state index contributed by atoms with van der Waals surface area (Å²) in [6.45, 7) is 3.78. The summed E-state index contributed by atoms with van der Waals surface area (Å²) < 4.78 is 1.75. The van der Waals surface area contributed by atoms with Crippen molar-refractivity contribution in [3.63, 3.8) is 0 Å². The van der Waals surface area contributed by atoms with Gasteiger partial charge in [-0.25, -0.2) is 0 Å². The number of carbonyl (C=O) groups excluding carboxylic acids is 1. The fraction of sp³-hybridized carbons (Fsp3) is 0.294. The molecule has 0 saturated carbocycles. The molecule has 1 aromatic carbocycles. The van der Waals surface area contributed by atoms with E-state index in [0.29, 0.717) is 11.3 Å². The summed E-state index contributed by atoms with van der Waals surface area (Å²) in [6.07, 6.45) is 1.75. The van der Waals surface area contributed by atoms with Gasteiger partial charge < -0.3 is 14.8 Å². The van der Waals surface area contributed by atoms with Gasteiger partial charge in [0.1, 0.15) is 11.8 Å². The highest BCUT2D eigenvalue weighted by Gasteiger charge is 2.18. The Bertz CT molecular complexity index is 705. The van der Waals surface area contributed by atoms with Gasteiger partial charge in [-0.05, 0) is 44.2 Å². The number of benzene rings is 1. The van der Waals surface area contributed by atoms with Gasteiger partial charge in [0, 0.05) is 37.7 Å². The number of rotatable bonds is 4. The first-order valence-electron chi connectivity index (χ1n) is 7.14. The summed E-state index contributed by atoms with van der Waals surface area (Å²) in [5, 5.41) is 12.1. The molecule has 0 aliphatic carbocycles. The predicted octanol–water partition coefficient (Wildman–Crippen LogP) is 2.55. The minimum atomic E-state index is -0.242. The van der Waals surface area contributed by atoms with E-state index in [4.69, 9.17) is 0 Å². The van der Waals surface area contributed by atoms with E-state index in [1.54, 1.807) is 16.8 Å². The van der Waals surface area contributed by atoms with Gasteiger partial charge >= 0.3 is 0 Å². The second-order valence-corrected chi connectivity index (χ2v) is 5.60. The maximum atomic E-state index is 12.4. The van der Waals surface area contributed by atoms with Crippen molar-refractivity contribution in [2.45, 2.75) is 19.9 Å². The topological polar surface area (TPSA) is 61.1 Å². The van der Waals surface area contributed by atoms with Crippen molar-refractivity contribution in [1.29, 1.82) is 5.26 Å². The van der Waals surface area contributed by atoms with E-state index in [1.807, 2.05) is 57.1 Å². The van der Waals surface area contributed by atoms with Crippen molar-refractivity contribution in [1.82, 2.24) is 9.88 Å². The number of anilines is 1. The van der Waals surface area contributed by atoms with Crippen LogP contribution < -0.4 is 10.2 Å². The smallest absolute Gasteiger partial charge is 0.269 e. The molecule has 1 aromatic heterocycles. The zero-order valence-corrected chi connectivity index (χ0v) is 13.3. The third-order valence-corrected chi connectivity index (χ3v) is 3.29. The lowest BCUT2D eigenvalue weighted by molar-refractivity contribution is 0.0936. The zero-order valence-electron chi connectivity index (χ0n) is 13.3. The molecule has 1 heterocycles. The summed E-state index contributed by atoms with van der Waals surface area (Å²) in [7, 11) is 3.94. The first kappa shape index (κ1) is 15.6. The molecule has 0 aliphatic rings. The number of hydrogen-bond donors (Lipinski definition) is 1. The molecular formula is C17H20N4O. The maximum absolute atomic E-state index is 12.4. The van der Waals surface area contributed by atoms with Crippen LogP contribution in [-0.4, -0.2) is 30.6 Å². The van der Waals surface area contributed by atoms with Gasteiger partial charge in [0.25, 0.3) is 5.91 Å². The number of amides is 1. The fourth-order valence-electron chi connectivity index (χ4n) is 2.21. The molecule has 0 aliphatic heterocycles. The summed E-state index contributed by atoms with van der Waals surface area (Å²) in [5.74, 6) is -0.242. The van der Waals surface area contributed by atoms with Crippen LogP contribution in [-0.2, 0) is 0 Å². The Morgan fingerprint density at radius 1 is 1.23 bits per heavy atom. The first-order valence-corrected chi connectivity index (χ1v) is 7.14. The van der Waals surface area contributed by atoms with Crippen molar-refractivity contribution in [2.75, 3.05) is 19.0 Å². The van der Waals surface area contributed by atoms with Crippen LogP contribution in [0.15, 0.2) is 36.5 Å². The minimum absolute atomic E-state index is 0.0125. The molecule has 22 heavy (non-hydrogen) atoms. The largest absolute Gasteiger partial charge is 0.378 e. The van der Waals surface area contributed by atoms with E-state index >= 15 is 0 Å². The SMILES string of the molecule is CC(C)NC(=O)c1c(C#N)ccn1-c1ccc(N(C)C)cc1. The number of hydrogen-bond acceptors (Lipinski definition) is 3. The molecule has 0 radical (unpaired) electrons. The van der Waals surface area contributed by atoms with E-state index in [-0.39, 0.29) is 11.9 Å². The lowest BCUT2D eigenvalue weighted by atomic mass is 10.2. The molecule has 1 N–H and O–H groups in total. The number of aromatic nitrogens is 1. The van der Waals surface area contributed by atoms with E-state index in [9.17, 15) is 10.1 Å². The molecule has 0 spiro atoms. The summed E-state index contributed by atoms with van der Waals surface area (Å²) in [4.78, 5) is 14.4. The zero-order chi connectivity index (χ0) is 16.3. The Balaban J connectivity index is 2.45. The Hall–Kier alpha value is -2.74. The third kappa shape index (κ3) is 3.12. The first-order chi connectivity index (χ1) is 10.4. The van der Waals surface area contributed by atoms with Gasteiger partial charge in [-0.2, -0.15) is 5.26 Å². The Labute approximate surface area is 130 Å². The van der Waals surface area contributed by atoms with E-state index in [2.05, 4.69) is 11.4 Å². The van der Waals surface area contributed by atoms with Crippen molar-refractivity contribution in [2.24, 2.45) is 0 Å². The van der Waals surface area contributed by atoms with Crippen LogP contribution in [0.5, 0.6) is 0 Å². The predicted molar refractivity (Wildman–Crippen MR) is 87.4 cm³/mol. The Kier molecular flexibility index (Phi) is 4.52. The van der Waals surface area contributed by atoms with Crippen LogP contribution in [0.2, 0.25) is 0 Å². The van der Waals surface area contributed by atoms with E-state index in [1.165, 1.54) is 0 Å². The summed E-state index contributed by atoms with van der Waals surface area (Å²) in [5.41, 5.74) is 2.66. The fourth-order valence-corrected chi connectivity index (χ4v) is 2.21. The van der Waals surface area contributed by atoms with Crippen LogP contribution in [0, 0.1) is 11.3 Å². The van der Waals surface area contributed by atoms with Crippen LogP contribution in [0.4, 0.5) is 5.69 Å². The lowest BCUT2D eigenvalue weighted by Crippen LogP contribution is -2.32. The van der Waals surface area contributed by atoms with Crippen LogP contribution in [0.3, 0.4) is 0 Å². The van der Waals surface area contributed by atoms with Crippen LogP contribution >= 0.6 is 0 Å². The standard InChI is InChI=1S/C17H20N4O/c1-12(2)19-17(22)16-13(11-18)9-10-21(16)15-7-5-14(6-8-15)20(3)4/h5-10,12H,1-4H3,(H,19,22).